The van der Waals surface area contributed by atoms with Gasteiger partial charge in [-0.3, -0.25) is 0 Å². The quantitative estimate of drug-likeness (QED) is 0.156. The Kier molecular flexibility index (Phi) is 8.55. The van der Waals surface area contributed by atoms with Crippen LogP contribution in [0.25, 0.3) is 77.6 Å². The number of anilines is 3. The zero-order valence-electron chi connectivity index (χ0n) is 30.7. The summed E-state index contributed by atoms with van der Waals surface area (Å²) in [7, 11) is 0. The van der Waals surface area contributed by atoms with Crippen molar-refractivity contribution >= 4 is 39.0 Å². The molecule has 0 fully saturated rings. The summed E-state index contributed by atoms with van der Waals surface area (Å²) in [6, 6.07) is 80.0. The largest absolute Gasteiger partial charge is 0.456 e. The van der Waals surface area contributed by atoms with Gasteiger partial charge in [0, 0.05) is 33.8 Å². The van der Waals surface area contributed by atoms with Crippen LogP contribution in [0.1, 0.15) is 0 Å². The molecular weight excluding hydrogens is 679 g/mol. The van der Waals surface area contributed by atoms with Gasteiger partial charge in [0.1, 0.15) is 11.2 Å². The van der Waals surface area contributed by atoms with Crippen LogP contribution in [0.2, 0.25) is 0 Å². The van der Waals surface area contributed by atoms with Crippen molar-refractivity contribution in [1.29, 1.82) is 0 Å². The van der Waals surface area contributed by atoms with E-state index in [0.717, 1.165) is 55.7 Å². The summed E-state index contributed by atoms with van der Waals surface area (Å²) in [4.78, 5) is 2.38. The van der Waals surface area contributed by atoms with Crippen LogP contribution in [0.15, 0.2) is 229 Å². The van der Waals surface area contributed by atoms with E-state index in [2.05, 4.69) is 217 Å². The van der Waals surface area contributed by atoms with Crippen LogP contribution in [-0.2, 0) is 0 Å². The Hall–Kier alpha value is -7.42. The zero-order valence-corrected chi connectivity index (χ0v) is 30.7. The first-order valence-electron chi connectivity index (χ1n) is 19.1. The first kappa shape index (κ1) is 33.2. The molecule has 10 rings (SSSR count). The van der Waals surface area contributed by atoms with E-state index in [9.17, 15) is 0 Å². The van der Waals surface area contributed by atoms with Crippen LogP contribution in [0.5, 0.6) is 0 Å². The molecule has 0 atom stereocenters. The topological polar surface area (TPSA) is 16.4 Å². The van der Waals surface area contributed by atoms with Gasteiger partial charge >= 0.3 is 0 Å². The van der Waals surface area contributed by atoms with E-state index in [1.807, 2.05) is 12.1 Å². The van der Waals surface area contributed by atoms with E-state index < -0.39 is 0 Å². The number of rotatable bonds is 8. The minimum atomic E-state index is 0.858. The SMILES string of the molecule is c1ccc(-c2ccccc2-c2ccccc2-c2ccc(N(c3ccc4c(c3)oc3ccccc34)c3cccc(-c4ccccc4)c3-c3ccccc3)cc2)cc1. The van der Waals surface area contributed by atoms with Crippen molar-refractivity contribution in [2.75, 3.05) is 4.90 Å². The first-order valence-corrected chi connectivity index (χ1v) is 19.1. The van der Waals surface area contributed by atoms with Crippen LogP contribution in [0.3, 0.4) is 0 Å². The molecule has 0 bridgehead atoms. The number of fused-ring (bicyclic) bond motifs is 3. The molecule has 0 aliphatic rings. The highest BCUT2D eigenvalue weighted by Gasteiger charge is 2.22. The van der Waals surface area contributed by atoms with Gasteiger partial charge in [0.15, 0.2) is 0 Å². The maximum atomic E-state index is 6.47. The fourth-order valence-corrected chi connectivity index (χ4v) is 8.12. The lowest BCUT2D eigenvalue weighted by Crippen LogP contribution is -2.11. The molecule has 2 nitrogen and oxygen atoms in total. The Morgan fingerprint density at radius 3 is 1.39 bits per heavy atom. The maximum Gasteiger partial charge on any atom is 0.137 e. The summed E-state index contributed by atoms with van der Waals surface area (Å²) in [5.41, 5.74) is 16.7. The molecule has 10 aromatic rings. The van der Waals surface area contributed by atoms with Gasteiger partial charge in [0.25, 0.3) is 0 Å². The van der Waals surface area contributed by atoms with Gasteiger partial charge in [0.2, 0.25) is 0 Å². The molecule has 0 spiro atoms. The highest BCUT2D eigenvalue weighted by molar-refractivity contribution is 6.07. The number of furan rings is 1. The summed E-state index contributed by atoms with van der Waals surface area (Å²) in [5.74, 6) is 0. The number of para-hydroxylation sites is 1. The molecule has 0 saturated carbocycles. The van der Waals surface area contributed by atoms with Gasteiger partial charge in [-0.1, -0.05) is 182 Å². The molecule has 1 aromatic heterocycles. The Morgan fingerprint density at radius 2 is 0.750 bits per heavy atom. The van der Waals surface area contributed by atoms with Gasteiger partial charge in [-0.25, -0.2) is 0 Å². The lowest BCUT2D eigenvalue weighted by molar-refractivity contribution is 0.669. The second kappa shape index (κ2) is 14.4. The van der Waals surface area contributed by atoms with Gasteiger partial charge in [-0.2, -0.15) is 0 Å². The summed E-state index contributed by atoms with van der Waals surface area (Å²) < 4.78 is 6.47. The van der Waals surface area contributed by atoms with Crippen LogP contribution in [-0.4, -0.2) is 0 Å². The first-order chi connectivity index (χ1) is 27.8. The standard InChI is InChI=1S/C54H37NO/c1-4-17-38(18-5-1)44-23-10-12-25-47(44)48-26-13-11-24-45(48)40-31-33-42(34-32-40)55(43-35-36-50-49-27-14-15-30-52(49)56-53(50)37-43)51-29-16-28-46(39-19-6-2-7-20-39)54(51)41-21-8-3-9-22-41/h1-37H. The number of benzene rings is 9. The fraction of sp³-hybridized carbons (Fsp3) is 0. The third kappa shape index (κ3) is 6.04. The van der Waals surface area contributed by atoms with E-state index in [1.165, 1.54) is 38.9 Å². The van der Waals surface area contributed by atoms with E-state index in [-0.39, 0.29) is 0 Å². The zero-order chi connectivity index (χ0) is 37.3. The third-order valence-corrected chi connectivity index (χ3v) is 10.7. The molecule has 9 aromatic carbocycles. The lowest BCUT2D eigenvalue weighted by atomic mass is 9.89. The molecule has 56 heavy (non-hydrogen) atoms. The summed E-state index contributed by atoms with van der Waals surface area (Å²) in [6.07, 6.45) is 0. The second-order valence-corrected chi connectivity index (χ2v) is 14.0. The molecule has 0 amide bonds. The van der Waals surface area contributed by atoms with Crippen molar-refractivity contribution in [2.45, 2.75) is 0 Å². The molecule has 264 valence electrons. The highest BCUT2D eigenvalue weighted by atomic mass is 16.3. The number of hydrogen-bond donors (Lipinski definition) is 0. The predicted octanol–water partition coefficient (Wildman–Crippen LogP) is 15.4. The van der Waals surface area contributed by atoms with Gasteiger partial charge in [-0.05, 0) is 86.5 Å². The fourth-order valence-electron chi connectivity index (χ4n) is 8.12. The second-order valence-electron chi connectivity index (χ2n) is 14.0. The molecule has 2 heteroatoms. The van der Waals surface area contributed by atoms with Crippen LogP contribution in [0.4, 0.5) is 17.1 Å². The van der Waals surface area contributed by atoms with Gasteiger partial charge < -0.3 is 9.32 Å². The summed E-state index contributed by atoms with van der Waals surface area (Å²) >= 11 is 0. The van der Waals surface area contributed by atoms with Crippen molar-refractivity contribution < 1.29 is 4.42 Å². The third-order valence-electron chi connectivity index (χ3n) is 10.7. The van der Waals surface area contributed by atoms with Crippen LogP contribution < -0.4 is 4.90 Å². The van der Waals surface area contributed by atoms with Crippen molar-refractivity contribution in [3.05, 3.63) is 224 Å². The molecule has 0 aliphatic carbocycles. The molecule has 0 N–H and O–H groups in total. The highest BCUT2D eigenvalue weighted by Crippen LogP contribution is 2.47. The smallest absolute Gasteiger partial charge is 0.137 e. The molecule has 0 radical (unpaired) electrons. The minimum Gasteiger partial charge on any atom is -0.456 e. The van der Waals surface area contributed by atoms with Gasteiger partial charge in [-0.15, -0.1) is 0 Å². The lowest BCUT2D eigenvalue weighted by Gasteiger charge is -2.29. The minimum absolute atomic E-state index is 0.858. The van der Waals surface area contributed by atoms with E-state index in [4.69, 9.17) is 4.42 Å². The average molecular weight is 716 g/mol. The number of hydrogen-bond acceptors (Lipinski definition) is 2. The predicted molar refractivity (Wildman–Crippen MR) is 236 cm³/mol. The molecule has 1 heterocycles. The molecule has 0 saturated heterocycles. The van der Waals surface area contributed by atoms with E-state index in [1.54, 1.807) is 0 Å². The molecular formula is C54H37NO. The Bertz CT molecular complexity index is 2950. The van der Waals surface area contributed by atoms with Crippen LogP contribution >= 0.6 is 0 Å². The van der Waals surface area contributed by atoms with Crippen molar-refractivity contribution in [2.24, 2.45) is 0 Å². The van der Waals surface area contributed by atoms with Crippen molar-refractivity contribution in [3.63, 3.8) is 0 Å². The Morgan fingerprint density at radius 1 is 0.286 bits per heavy atom. The van der Waals surface area contributed by atoms with Crippen molar-refractivity contribution in [1.82, 2.24) is 0 Å². The monoisotopic (exact) mass is 715 g/mol. The molecule has 0 aliphatic heterocycles. The molecule has 0 unspecified atom stereocenters. The Labute approximate surface area is 327 Å². The summed E-state index contributed by atoms with van der Waals surface area (Å²) in [5, 5.41) is 2.22. The summed E-state index contributed by atoms with van der Waals surface area (Å²) in [6.45, 7) is 0. The number of nitrogens with zero attached hydrogens (tertiary/aromatic N) is 1. The average Bonchev–Trinajstić information content (AvgIpc) is 3.66. The van der Waals surface area contributed by atoms with Gasteiger partial charge in [0.05, 0.1) is 5.69 Å². The van der Waals surface area contributed by atoms with E-state index >= 15 is 0 Å². The van der Waals surface area contributed by atoms with E-state index in [0.29, 0.717) is 0 Å². The van der Waals surface area contributed by atoms with Crippen molar-refractivity contribution in [3.8, 4) is 55.6 Å². The van der Waals surface area contributed by atoms with Crippen LogP contribution in [0, 0.1) is 0 Å². The Balaban J connectivity index is 1.16. The normalized spacial score (nSPS) is 11.2. The maximum absolute atomic E-state index is 6.47.